The summed E-state index contributed by atoms with van der Waals surface area (Å²) in [5, 5.41) is 14.4. The number of phosphoric acid groups is 3. The largest absolute Gasteiger partial charge is 0.490 e. The van der Waals surface area contributed by atoms with Gasteiger partial charge in [0.1, 0.15) is 30.0 Å². The molecule has 4 heterocycles. The molecular formula is C14H18FN6O13P3. The molecule has 1 fully saturated rings. The van der Waals surface area contributed by atoms with Gasteiger partial charge < -0.3 is 44.2 Å². The fourth-order valence-electron chi connectivity index (χ4n) is 3.57. The third kappa shape index (κ3) is 5.80. The standard InChI is InChI=1S/C14H18FN6O13P3/c1-14(15)9(22)7(3-31-36(26,27)34-37(28,29)33-35(23,24)25)32-13(14)21-2-6(11-19-5-30-20-11)8-10(16)17-4-18-12(8)21/h2,4-5,7,9,13,22H,3H2,1H3,(H,26,27)(H,28,29)(H2,16,17,18)(H2,23,24,25)/t7?,9-,13-,14-/m1/s1. The molecule has 3 aromatic heterocycles. The highest BCUT2D eigenvalue weighted by Gasteiger charge is 2.56. The maximum atomic E-state index is 15.7. The minimum Gasteiger partial charge on any atom is -0.387 e. The van der Waals surface area contributed by atoms with Crippen molar-refractivity contribution in [3.05, 3.63) is 18.9 Å². The number of halogens is 1. The normalized spacial score (nSPS) is 27.8. The van der Waals surface area contributed by atoms with Crippen molar-refractivity contribution in [2.45, 2.75) is 31.0 Å². The number of hydrogen-bond donors (Lipinski definition) is 6. The van der Waals surface area contributed by atoms with Gasteiger partial charge in [-0.15, -0.1) is 0 Å². The lowest BCUT2D eigenvalue weighted by atomic mass is 9.98. The number of anilines is 1. The smallest absolute Gasteiger partial charge is 0.387 e. The van der Waals surface area contributed by atoms with Crippen molar-refractivity contribution in [2.75, 3.05) is 12.3 Å². The number of nitrogen functional groups attached to an aromatic ring is 1. The van der Waals surface area contributed by atoms with Crippen LogP contribution >= 0.6 is 23.5 Å². The zero-order chi connectivity index (χ0) is 27.4. The summed E-state index contributed by atoms with van der Waals surface area (Å²) in [5.41, 5.74) is 3.63. The van der Waals surface area contributed by atoms with Gasteiger partial charge >= 0.3 is 23.5 Å². The van der Waals surface area contributed by atoms with E-state index < -0.39 is 54.2 Å². The van der Waals surface area contributed by atoms with Crippen LogP contribution in [0.3, 0.4) is 0 Å². The molecule has 23 heteroatoms. The van der Waals surface area contributed by atoms with Crippen molar-refractivity contribution in [1.29, 1.82) is 0 Å². The molecule has 4 rings (SSSR count). The number of rotatable bonds is 9. The van der Waals surface area contributed by atoms with E-state index in [4.69, 9.17) is 24.8 Å². The Kier molecular flexibility index (Phi) is 7.17. The average Bonchev–Trinajstić information content (AvgIpc) is 3.43. The van der Waals surface area contributed by atoms with Crippen LogP contribution < -0.4 is 5.73 Å². The molecule has 1 aliphatic rings. The molecule has 1 aliphatic heterocycles. The third-order valence-electron chi connectivity index (χ3n) is 5.03. The molecule has 0 aromatic carbocycles. The van der Waals surface area contributed by atoms with Gasteiger partial charge in [0, 0.05) is 6.20 Å². The van der Waals surface area contributed by atoms with E-state index in [1.165, 1.54) is 6.20 Å². The van der Waals surface area contributed by atoms with E-state index in [1.807, 2.05) is 0 Å². The number of aromatic nitrogens is 5. The van der Waals surface area contributed by atoms with Gasteiger partial charge in [-0.3, -0.25) is 4.52 Å². The topological polar surface area (TPSA) is 285 Å². The highest BCUT2D eigenvalue weighted by atomic mass is 31.3. The number of aliphatic hydroxyl groups is 1. The summed E-state index contributed by atoms with van der Waals surface area (Å²) in [6.45, 7) is -0.132. The van der Waals surface area contributed by atoms with Crippen LogP contribution in [0, 0.1) is 0 Å². The van der Waals surface area contributed by atoms with Gasteiger partial charge in [0.2, 0.25) is 12.2 Å². The highest BCUT2D eigenvalue weighted by molar-refractivity contribution is 7.66. The summed E-state index contributed by atoms with van der Waals surface area (Å²) in [4.78, 5) is 47.9. The van der Waals surface area contributed by atoms with E-state index >= 15 is 4.39 Å². The molecule has 0 aliphatic carbocycles. The molecule has 1 saturated heterocycles. The predicted octanol–water partition coefficient (Wildman–Crippen LogP) is 0.393. The number of fused-ring (bicyclic) bond motifs is 1. The van der Waals surface area contributed by atoms with Crippen LogP contribution in [0.15, 0.2) is 23.4 Å². The van der Waals surface area contributed by atoms with Crippen LogP contribution in [0.1, 0.15) is 13.2 Å². The van der Waals surface area contributed by atoms with Gasteiger partial charge in [0.05, 0.1) is 17.6 Å². The lowest BCUT2D eigenvalue weighted by Crippen LogP contribution is -2.40. The first-order chi connectivity index (χ1) is 17.0. The van der Waals surface area contributed by atoms with Crippen molar-refractivity contribution >= 4 is 40.3 Å². The maximum absolute atomic E-state index is 15.7. The van der Waals surface area contributed by atoms with Gasteiger partial charge in [-0.2, -0.15) is 13.6 Å². The van der Waals surface area contributed by atoms with Crippen molar-refractivity contribution in [3.63, 3.8) is 0 Å². The molecule has 37 heavy (non-hydrogen) atoms. The summed E-state index contributed by atoms with van der Waals surface area (Å²) in [6.07, 6.45) is -1.89. The first-order valence-corrected chi connectivity index (χ1v) is 14.2. The SMILES string of the molecule is C[C@@]1(F)[C@H](O)C(COP(=O)(O)OP(=O)(O)OP(=O)(O)O)O[C@H]1n1cc(-c2ncon2)c2c(N)ncnc21. The molecular weight excluding hydrogens is 572 g/mol. The van der Waals surface area contributed by atoms with Crippen LogP contribution in [0.25, 0.3) is 22.4 Å². The molecule has 204 valence electrons. The fourth-order valence-corrected chi connectivity index (χ4v) is 6.60. The predicted molar refractivity (Wildman–Crippen MR) is 114 cm³/mol. The monoisotopic (exact) mass is 590 g/mol. The molecule has 0 amide bonds. The Hall–Kier alpha value is -2.18. The number of alkyl halides is 1. The summed E-state index contributed by atoms with van der Waals surface area (Å²) in [5.74, 6) is 0.0282. The minimum absolute atomic E-state index is 0.0214. The molecule has 0 spiro atoms. The van der Waals surface area contributed by atoms with Crippen LogP contribution in [0.4, 0.5) is 10.2 Å². The Bertz CT molecular complexity index is 1440. The Morgan fingerprint density at radius 3 is 2.49 bits per heavy atom. The van der Waals surface area contributed by atoms with Gasteiger partial charge in [-0.05, 0) is 6.92 Å². The Morgan fingerprint density at radius 1 is 1.16 bits per heavy atom. The molecule has 0 saturated carbocycles. The summed E-state index contributed by atoms with van der Waals surface area (Å²) < 4.78 is 73.0. The van der Waals surface area contributed by atoms with Gasteiger partial charge in [0.25, 0.3) is 0 Å². The maximum Gasteiger partial charge on any atom is 0.490 e. The van der Waals surface area contributed by atoms with Crippen molar-refractivity contribution in [3.8, 4) is 11.4 Å². The van der Waals surface area contributed by atoms with Crippen molar-refractivity contribution < 1.29 is 65.2 Å². The molecule has 6 atom stereocenters. The van der Waals surface area contributed by atoms with E-state index in [-0.39, 0.29) is 28.2 Å². The number of nitrogens with two attached hydrogens (primary N) is 1. The van der Waals surface area contributed by atoms with E-state index in [9.17, 15) is 28.6 Å². The number of hydrogen-bond acceptors (Lipinski definition) is 14. The first-order valence-electron chi connectivity index (χ1n) is 9.69. The molecule has 3 unspecified atom stereocenters. The van der Waals surface area contributed by atoms with Crippen LogP contribution in [0.5, 0.6) is 0 Å². The lowest BCUT2D eigenvalue weighted by molar-refractivity contribution is -0.0557. The summed E-state index contributed by atoms with van der Waals surface area (Å²) >= 11 is 0. The molecule has 19 nitrogen and oxygen atoms in total. The molecule has 0 radical (unpaired) electrons. The van der Waals surface area contributed by atoms with E-state index in [1.54, 1.807) is 0 Å². The Balaban J connectivity index is 1.59. The second kappa shape index (κ2) is 9.53. The number of aliphatic hydroxyl groups excluding tert-OH is 1. The Labute approximate surface area is 204 Å². The van der Waals surface area contributed by atoms with E-state index in [0.29, 0.717) is 0 Å². The summed E-state index contributed by atoms with van der Waals surface area (Å²) in [7, 11) is -16.9. The quantitative estimate of drug-likeness (QED) is 0.184. The Morgan fingerprint density at radius 2 is 1.86 bits per heavy atom. The molecule has 0 bridgehead atoms. The van der Waals surface area contributed by atoms with Gasteiger partial charge in [-0.1, -0.05) is 5.16 Å². The van der Waals surface area contributed by atoms with Gasteiger partial charge in [-0.25, -0.2) is 28.1 Å². The first kappa shape index (κ1) is 27.8. The fraction of sp³-hybridized carbons (Fsp3) is 0.429. The number of phosphoric ester groups is 1. The minimum atomic E-state index is -5.78. The number of ether oxygens (including phenoxy) is 1. The van der Waals surface area contributed by atoms with Crippen LogP contribution in [-0.2, 0) is 31.6 Å². The second-order valence-electron chi connectivity index (χ2n) is 7.67. The van der Waals surface area contributed by atoms with E-state index in [2.05, 4.69) is 33.3 Å². The zero-order valence-corrected chi connectivity index (χ0v) is 20.9. The molecule has 3 aromatic rings. The summed E-state index contributed by atoms with van der Waals surface area (Å²) in [6, 6.07) is 0. The van der Waals surface area contributed by atoms with Gasteiger partial charge in [0.15, 0.2) is 11.9 Å². The highest BCUT2D eigenvalue weighted by Crippen LogP contribution is 2.66. The zero-order valence-electron chi connectivity index (χ0n) is 18.2. The van der Waals surface area contributed by atoms with Crippen LogP contribution in [-0.4, -0.2) is 73.8 Å². The lowest BCUT2D eigenvalue weighted by Gasteiger charge is -2.25. The van der Waals surface area contributed by atoms with Crippen molar-refractivity contribution in [1.82, 2.24) is 24.7 Å². The molecule has 7 N–H and O–H groups in total. The van der Waals surface area contributed by atoms with E-state index in [0.717, 1.165) is 24.2 Å². The third-order valence-corrected chi connectivity index (χ3v) is 8.83. The van der Waals surface area contributed by atoms with Crippen molar-refractivity contribution in [2.24, 2.45) is 0 Å². The second-order valence-corrected chi connectivity index (χ2v) is 12.1. The number of nitrogens with zero attached hydrogens (tertiary/aromatic N) is 5. The average molecular weight is 590 g/mol. The van der Waals surface area contributed by atoms with Crippen LogP contribution in [0.2, 0.25) is 0 Å².